The molecule has 6 nitrogen and oxygen atoms in total. The van der Waals surface area contributed by atoms with E-state index in [1.54, 1.807) is 12.4 Å². The van der Waals surface area contributed by atoms with E-state index in [9.17, 15) is 0 Å². The highest BCUT2D eigenvalue weighted by Gasteiger charge is 2.44. The van der Waals surface area contributed by atoms with Gasteiger partial charge in [-0.05, 0) is 37.5 Å². The van der Waals surface area contributed by atoms with Crippen LogP contribution >= 0.6 is 0 Å². The van der Waals surface area contributed by atoms with E-state index in [-0.39, 0.29) is 17.9 Å². The SMILES string of the molecule is Cc1cc2c(NC3c4c(F)cccc4CCC3N3CC4COCC4C3)ncnc2[nH]1. The molecule has 7 heteroatoms. The van der Waals surface area contributed by atoms with E-state index < -0.39 is 0 Å². The normalized spacial score (nSPS) is 28.6. The zero-order valence-corrected chi connectivity index (χ0v) is 17.1. The molecule has 4 atom stereocenters. The molecule has 30 heavy (non-hydrogen) atoms. The molecule has 1 aliphatic carbocycles. The van der Waals surface area contributed by atoms with Crippen LogP contribution in [0.2, 0.25) is 0 Å². The Morgan fingerprint density at radius 2 is 2.03 bits per heavy atom. The van der Waals surface area contributed by atoms with Gasteiger partial charge in [0.2, 0.25) is 0 Å². The quantitative estimate of drug-likeness (QED) is 0.696. The van der Waals surface area contributed by atoms with Gasteiger partial charge in [-0.2, -0.15) is 0 Å². The summed E-state index contributed by atoms with van der Waals surface area (Å²) >= 11 is 0. The fourth-order valence-electron chi connectivity index (χ4n) is 5.70. The summed E-state index contributed by atoms with van der Waals surface area (Å²) in [6.07, 6.45) is 3.48. The highest BCUT2D eigenvalue weighted by Crippen LogP contribution is 2.41. The van der Waals surface area contributed by atoms with Crippen LogP contribution in [0.25, 0.3) is 11.0 Å². The molecule has 3 aromatic rings. The van der Waals surface area contributed by atoms with Gasteiger partial charge in [0.05, 0.1) is 24.6 Å². The van der Waals surface area contributed by atoms with Crippen molar-refractivity contribution in [2.75, 3.05) is 31.6 Å². The summed E-state index contributed by atoms with van der Waals surface area (Å²) < 4.78 is 20.8. The van der Waals surface area contributed by atoms with E-state index in [0.29, 0.717) is 11.8 Å². The van der Waals surface area contributed by atoms with Crippen LogP contribution in [-0.4, -0.2) is 52.2 Å². The Morgan fingerprint density at radius 3 is 2.87 bits per heavy atom. The van der Waals surface area contributed by atoms with Crippen LogP contribution < -0.4 is 5.32 Å². The Balaban J connectivity index is 1.40. The lowest BCUT2D eigenvalue weighted by Gasteiger charge is -2.40. The largest absolute Gasteiger partial charge is 0.381 e. The molecule has 2 aliphatic heterocycles. The number of aromatic nitrogens is 3. The summed E-state index contributed by atoms with van der Waals surface area (Å²) in [6, 6.07) is 7.59. The maximum atomic E-state index is 15.1. The summed E-state index contributed by atoms with van der Waals surface area (Å²) in [4.78, 5) is 14.7. The molecular formula is C23H26FN5O. The van der Waals surface area contributed by atoms with Crippen molar-refractivity contribution in [1.29, 1.82) is 0 Å². The van der Waals surface area contributed by atoms with Gasteiger partial charge < -0.3 is 15.0 Å². The van der Waals surface area contributed by atoms with Crippen LogP contribution in [0, 0.1) is 24.6 Å². The van der Waals surface area contributed by atoms with Crippen LogP contribution in [-0.2, 0) is 11.2 Å². The molecule has 0 bridgehead atoms. The predicted molar refractivity (Wildman–Crippen MR) is 113 cm³/mol. The smallest absolute Gasteiger partial charge is 0.143 e. The molecule has 6 rings (SSSR count). The Bertz CT molecular complexity index is 1090. The molecule has 2 aromatic heterocycles. The van der Waals surface area contributed by atoms with E-state index in [2.05, 4.69) is 37.3 Å². The number of hydrogen-bond acceptors (Lipinski definition) is 5. The van der Waals surface area contributed by atoms with Gasteiger partial charge in [0.1, 0.15) is 23.6 Å². The lowest BCUT2D eigenvalue weighted by atomic mass is 9.82. The van der Waals surface area contributed by atoms with Crippen molar-refractivity contribution >= 4 is 16.9 Å². The maximum Gasteiger partial charge on any atom is 0.143 e. The lowest BCUT2D eigenvalue weighted by molar-refractivity contribution is 0.127. The highest BCUT2D eigenvalue weighted by atomic mass is 19.1. The van der Waals surface area contributed by atoms with Crippen molar-refractivity contribution in [3.63, 3.8) is 0 Å². The second-order valence-corrected chi connectivity index (χ2v) is 8.99. The van der Waals surface area contributed by atoms with E-state index in [4.69, 9.17) is 4.74 Å². The Hall–Kier alpha value is -2.51. The van der Waals surface area contributed by atoms with Crippen molar-refractivity contribution in [3.05, 3.63) is 53.2 Å². The predicted octanol–water partition coefficient (Wildman–Crippen LogP) is 3.45. The number of nitrogens with zero attached hydrogens (tertiary/aromatic N) is 3. The third-order valence-electron chi connectivity index (χ3n) is 7.14. The first kappa shape index (κ1) is 18.3. The van der Waals surface area contributed by atoms with Crippen LogP contribution in [0.4, 0.5) is 10.2 Å². The third-order valence-corrected chi connectivity index (χ3v) is 7.14. The molecular weight excluding hydrogens is 381 g/mol. The Labute approximate surface area is 174 Å². The highest BCUT2D eigenvalue weighted by molar-refractivity contribution is 5.87. The van der Waals surface area contributed by atoms with Gasteiger partial charge >= 0.3 is 0 Å². The number of likely N-dealkylation sites (tertiary alicyclic amines) is 1. The topological polar surface area (TPSA) is 66.1 Å². The molecule has 2 fully saturated rings. The van der Waals surface area contributed by atoms with E-state index >= 15 is 4.39 Å². The number of anilines is 1. The van der Waals surface area contributed by atoms with Crippen LogP contribution in [0.5, 0.6) is 0 Å². The number of fused-ring (bicyclic) bond motifs is 3. The van der Waals surface area contributed by atoms with Crippen molar-refractivity contribution < 1.29 is 9.13 Å². The lowest BCUT2D eigenvalue weighted by Crippen LogP contribution is -2.45. The van der Waals surface area contributed by atoms with E-state index in [0.717, 1.165) is 72.8 Å². The summed E-state index contributed by atoms with van der Waals surface area (Å²) in [5.74, 6) is 1.84. The van der Waals surface area contributed by atoms with Gasteiger partial charge in [-0.15, -0.1) is 0 Å². The molecule has 2 N–H and O–H groups in total. The molecule has 1 aromatic carbocycles. The summed E-state index contributed by atoms with van der Waals surface area (Å²) in [5, 5.41) is 4.59. The number of H-pyrrole nitrogens is 1. The monoisotopic (exact) mass is 407 g/mol. The van der Waals surface area contributed by atoms with Gasteiger partial charge in [0, 0.05) is 42.2 Å². The maximum absolute atomic E-state index is 15.1. The number of ether oxygens (including phenoxy) is 1. The first-order chi connectivity index (χ1) is 14.7. The van der Waals surface area contributed by atoms with Crippen LogP contribution in [0.1, 0.15) is 29.3 Å². The first-order valence-corrected chi connectivity index (χ1v) is 10.8. The van der Waals surface area contributed by atoms with Crippen molar-refractivity contribution in [1.82, 2.24) is 19.9 Å². The average molecular weight is 407 g/mol. The van der Waals surface area contributed by atoms with Crippen molar-refractivity contribution in [3.8, 4) is 0 Å². The number of aromatic amines is 1. The second-order valence-electron chi connectivity index (χ2n) is 8.99. The third kappa shape index (κ3) is 2.91. The second kappa shape index (κ2) is 7.03. The molecule has 4 unspecified atom stereocenters. The molecule has 0 saturated carbocycles. The van der Waals surface area contributed by atoms with Gasteiger partial charge in [0.15, 0.2) is 0 Å². The Morgan fingerprint density at radius 1 is 1.20 bits per heavy atom. The van der Waals surface area contributed by atoms with Gasteiger partial charge in [-0.25, -0.2) is 14.4 Å². The minimum Gasteiger partial charge on any atom is -0.381 e. The summed E-state index contributed by atoms with van der Waals surface area (Å²) in [5.41, 5.74) is 3.73. The number of benzene rings is 1. The minimum atomic E-state index is -0.150. The minimum absolute atomic E-state index is 0.132. The Kier molecular flexibility index (Phi) is 4.28. The molecule has 156 valence electrons. The summed E-state index contributed by atoms with van der Waals surface area (Å²) in [7, 11) is 0. The molecule has 0 radical (unpaired) electrons. The zero-order chi connectivity index (χ0) is 20.2. The number of nitrogens with one attached hydrogen (secondary N) is 2. The number of halogens is 1. The molecule has 0 amide bonds. The zero-order valence-electron chi connectivity index (χ0n) is 17.1. The van der Waals surface area contributed by atoms with Crippen molar-refractivity contribution in [2.24, 2.45) is 11.8 Å². The first-order valence-electron chi connectivity index (χ1n) is 10.8. The molecule has 2 saturated heterocycles. The number of rotatable bonds is 3. The standard InChI is InChI=1S/C23H26FN5O/c1-13-7-17-22(27-13)25-12-26-23(17)28-21-19(29-8-15-10-30-11-16(15)9-29)6-5-14-3-2-4-18(24)20(14)21/h2-4,7,12,15-16,19,21H,5-6,8-11H2,1H3,(H2,25,26,27,28). The summed E-state index contributed by atoms with van der Waals surface area (Å²) in [6.45, 7) is 5.77. The number of hydrogen-bond donors (Lipinski definition) is 2. The molecule has 0 spiro atoms. The number of aryl methyl sites for hydroxylation is 2. The van der Waals surface area contributed by atoms with Crippen LogP contribution in [0.3, 0.4) is 0 Å². The fraction of sp³-hybridized carbons (Fsp3) is 0.478. The molecule has 4 heterocycles. The van der Waals surface area contributed by atoms with Gasteiger partial charge in [-0.1, -0.05) is 12.1 Å². The molecule has 3 aliphatic rings. The fourth-order valence-corrected chi connectivity index (χ4v) is 5.70. The van der Waals surface area contributed by atoms with Crippen molar-refractivity contribution in [2.45, 2.75) is 31.8 Å². The van der Waals surface area contributed by atoms with E-state index in [1.807, 2.05) is 13.0 Å². The van der Waals surface area contributed by atoms with Gasteiger partial charge in [-0.3, -0.25) is 4.90 Å². The average Bonchev–Trinajstić information content (AvgIpc) is 3.42. The van der Waals surface area contributed by atoms with Crippen LogP contribution in [0.15, 0.2) is 30.6 Å². The van der Waals surface area contributed by atoms with E-state index in [1.165, 1.54) is 0 Å². The van der Waals surface area contributed by atoms with Gasteiger partial charge in [0.25, 0.3) is 0 Å².